The number of carboxylic acid groups (broad SMARTS) is 1. The van der Waals surface area contributed by atoms with E-state index in [1.165, 1.54) is 13.1 Å². The lowest BCUT2D eigenvalue weighted by atomic mass is 10.0. The van der Waals surface area contributed by atoms with Crippen LogP contribution in [0.4, 0.5) is 0 Å². The van der Waals surface area contributed by atoms with Crippen LogP contribution in [0.1, 0.15) is 26.1 Å². The fourth-order valence-corrected chi connectivity index (χ4v) is 2.48. The minimum Gasteiger partial charge on any atom is -0.481 e. The molecule has 4 N–H and O–H groups in total. The van der Waals surface area contributed by atoms with Gasteiger partial charge in [0.15, 0.2) is 5.03 Å². The predicted molar refractivity (Wildman–Crippen MR) is 66.0 cm³/mol. The van der Waals surface area contributed by atoms with Crippen molar-refractivity contribution in [3.63, 3.8) is 0 Å². The van der Waals surface area contributed by atoms with E-state index in [0.29, 0.717) is 12.2 Å². The van der Waals surface area contributed by atoms with Crippen molar-refractivity contribution in [1.29, 1.82) is 0 Å². The van der Waals surface area contributed by atoms with Crippen molar-refractivity contribution < 1.29 is 23.4 Å². The molecule has 0 amide bonds. The molecule has 0 spiro atoms. The highest BCUT2D eigenvalue weighted by Crippen LogP contribution is 2.11. The molecular weight excluding hydrogens is 274 g/mol. The van der Waals surface area contributed by atoms with E-state index in [1.807, 2.05) is 6.92 Å². The molecular formula is C10H17N3O5S. The van der Waals surface area contributed by atoms with Crippen LogP contribution >= 0.6 is 0 Å². The van der Waals surface area contributed by atoms with Gasteiger partial charge in [0.25, 0.3) is 10.0 Å². The molecule has 0 aliphatic carbocycles. The van der Waals surface area contributed by atoms with Gasteiger partial charge in [-0.3, -0.25) is 4.79 Å². The number of rotatable bonds is 7. The highest BCUT2D eigenvalue weighted by atomic mass is 32.2. The molecule has 1 aromatic heterocycles. The lowest BCUT2D eigenvalue weighted by Crippen LogP contribution is -2.42. The molecule has 1 atom stereocenters. The van der Waals surface area contributed by atoms with Gasteiger partial charge in [-0.1, -0.05) is 6.92 Å². The minimum absolute atomic E-state index is 0.115. The van der Waals surface area contributed by atoms with E-state index in [2.05, 4.69) is 14.7 Å². The molecule has 1 unspecified atom stereocenters. The maximum absolute atomic E-state index is 11.9. The second-order valence-corrected chi connectivity index (χ2v) is 6.18. The lowest BCUT2D eigenvalue weighted by molar-refractivity contribution is -0.141. The first-order chi connectivity index (χ1) is 8.66. The van der Waals surface area contributed by atoms with E-state index >= 15 is 0 Å². The number of aromatic nitrogens is 2. The number of sulfonamides is 1. The van der Waals surface area contributed by atoms with Crippen LogP contribution in [0.3, 0.4) is 0 Å². The number of imidazole rings is 1. The van der Waals surface area contributed by atoms with Gasteiger partial charge in [-0.25, -0.2) is 18.1 Å². The van der Waals surface area contributed by atoms with Gasteiger partial charge in [0, 0.05) is 13.0 Å². The maximum atomic E-state index is 11.9. The molecule has 0 aliphatic heterocycles. The van der Waals surface area contributed by atoms with Crippen molar-refractivity contribution in [1.82, 2.24) is 14.7 Å². The van der Waals surface area contributed by atoms with E-state index in [4.69, 9.17) is 5.11 Å². The molecule has 1 rings (SSSR count). The normalized spacial score (nSPS) is 15.1. The summed E-state index contributed by atoms with van der Waals surface area (Å²) in [6.45, 7) is 2.66. The molecule has 0 fully saturated rings. The average Bonchev–Trinajstić information content (AvgIpc) is 2.74. The van der Waals surface area contributed by atoms with Gasteiger partial charge in [0.05, 0.1) is 18.2 Å². The lowest BCUT2D eigenvalue weighted by Gasteiger charge is -2.21. The Hall–Kier alpha value is -1.45. The summed E-state index contributed by atoms with van der Waals surface area (Å²) in [4.78, 5) is 17.0. The van der Waals surface area contributed by atoms with Crippen molar-refractivity contribution in [3.05, 3.63) is 12.0 Å². The van der Waals surface area contributed by atoms with Gasteiger partial charge in [-0.15, -0.1) is 0 Å². The Morgan fingerprint density at radius 3 is 2.68 bits per heavy atom. The Labute approximate surface area is 110 Å². The van der Waals surface area contributed by atoms with Crippen molar-refractivity contribution in [3.8, 4) is 0 Å². The first-order valence-electron chi connectivity index (χ1n) is 5.64. The van der Waals surface area contributed by atoms with Crippen molar-refractivity contribution in [2.45, 2.75) is 37.3 Å². The van der Waals surface area contributed by atoms with Crippen LogP contribution in [0.2, 0.25) is 0 Å². The molecule has 108 valence electrons. The third kappa shape index (κ3) is 4.62. The van der Waals surface area contributed by atoms with Gasteiger partial charge < -0.3 is 15.2 Å². The maximum Gasteiger partial charge on any atom is 0.306 e. The average molecular weight is 291 g/mol. The summed E-state index contributed by atoms with van der Waals surface area (Å²) in [7, 11) is -3.84. The van der Waals surface area contributed by atoms with Gasteiger partial charge >= 0.3 is 5.97 Å². The van der Waals surface area contributed by atoms with Crippen molar-refractivity contribution in [2.75, 3.05) is 6.54 Å². The molecule has 8 nitrogen and oxygen atoms in total. The van der Waals surface area contributed by atoms with Crippen LogP contribution in [0.25, 0.3) is 0 Å². The molecule has 1 heterocycles. The summed E-state index contributed by atoms with van der Waals surface area (Å²) in [6.07, 6.45) is 1.18. The molecule has 0 radical (unpaired) electrons. The SMILES string of the molecule is CCc1ncc(S(=O)(=O)NCC(C)(O)CC(=O)O)[nH]1. The third-order valence-electron chi connectivity index (χ3n) is 2.40. The van der Waals surface area contributed by atoms with Gasteiger partial charge in [-0.2, -0.15) is 0 Å². The van der Waals surface area contributed by atoms with Gasteiger partial charge in [0.2, 0.25) is 0 Å². The van der Waals surface area contributed by atoms with Gasteiger partial charge in [0.1, 0.15) is 5.82 Å². The number of hydrogen-bond acceptors (Lipinski definition) is 5. The number of H-pyrrole nitrogens is 1. The molecule has 9 heteroatoms. The second kappa shape index (κ2) is 5.68. The van der Waals surface area contributed by atoms with E-state index < -0.39 is 34.6 Å². The number of aryl methyl sites for hydroxylation is 1. The van der Waals surface area contributed by atoms with E-state index in [1.54, 1.807) is 0 Å². The molecule has 1 aromatic rings. The predicted octanol–water partition coefficient (Wildman–Crippen LogP) is -0.524. The van der Waals surface area contributed by atoms with Crippen LogP contribution in [-0.2, 0) is 21.2 Å². The largest absolute Gasteiger partial charge is 0.481 e. The summed E-state index contributed by atoms with van der Waals surface area (Å²) in [5, 5.41) is 18.2. The highest BCUT2D eigenvalue weighted by Gasteiger charge is 2.27. The number of hydrogen-bond donors (Lipinski definition) is 4. The third-order valence-corrected chi connectivity index (χ3v) is 3.72. The van der Waals surface area contributed by atoms with E-state index in [9.17, 15) is 18.3 Å². The van der Waals surface area contributed by atoms with Crippen LogP contribution in [0, 0.1) is 0 Å². The van der Waals surface area contributed by atoms with Crippen LogP contribution < -0.4 is 4.72 Å². The van der Waals surface area contributed by atoms with Crippen LogP contribution in [0.5, 0.6) is 0 Å². The zero-order chi connectivity index (χ0) is 14.7. The van der Waals surface area contributed by atoms with Crippen LogP contribution in [0.15, 0.2) is 11.2 Å². The smallest absolute Gasteiger partial charge is 0.306 e. The number of nitrogens with zero attached hydrogens (tertiary/aromatic N) is 1. The minimum atomic E-state index is -3.84. The molecule has 19 heavy (non-hydrogen) atoms. The summed E-state index contributed by atoms with van der Waals surface area (Å²) in [5.74, 6) is -0.684. The fourth-order valence-electron chi connectivity index (χ4n) is 1.38. The summed E-state index contributed by atoms with van der Waals surface area (Å²) < 4.78 is 25.9. The molecule has 0 aliphatic rings. The standard InChI is InChI=1S/C10H17N3O5S/c1-3-7-11-5-8(13-7)19(17,18)12-6-10(2,16)4-9(14)15/h5,12,16H,3-4,6H2,1-2H3,(H,11,13)(H,14,15). The van der Waals surface area contributed by atoms with E-state index in [-0.39, 0.29) is 5.03 Å². The number of carbonyl (C=O) groups is 1. The second-order valence-electron chi connectivity index (χ2n) is 4.44. The molecule has 0 aromatic carbocycles. The monoisotopic (exact) mass is 291 g/mol. The highest BCUT2D eigenvalue weighted by molar-refractivity contribution is 7.89. The summed E-state index contributed by atoms with van der Waals surface area (Å²) in [6, 6.07) is 0. The Morgan fingerprint density at radius 2 is 2.21 bits per heavy atom. The summed E-state index contributed by atoms with van der Waals surface area (Å²) in [5.41, 5.74) is -1.66. The molecule has 0 saturated heterocycles. The quantitative estimate of drug-likeness (QED) is 0.534. The zero-order valence-electron chi connectivity index (χ0n) is 10.7. The van der Waals surface area contributed by atoms with Crippen molar-refractivity contribution >= 4 is 16.0 Å². The first kappa shape index (κ1) is 15.6. The zero-order valence-corrected chi connectivity index (χ0v) is 11.5. The van der Waals surface area contributed by atoms with Crippen molar-refractivity contribution in [2.24, 2.45) is 0 Å². The number of aromatic amines is 1. The Morgan fingerprint density at radius 1 is 1.58 bits per heavy atom. The Kier molecular flexibility index (Phi) is 4.66. The Balaban J connectivity index is 2.73. The topological polar surface area (TPSA) is 132 Å². The molecule has 0 saturated carbocycles. The van der Waals surface area contributed by atoms with E-state index in [0.717, 1.165) is 0 Å². The first-order valence-corrected chi connectivity index (χ1v) is 7.12. The number of aliphatic carboxylic acids is 1. The fraction of sp³-hybridized carbons (Fsp3) is 0.600. The summed E-state index contributed by atoms with van der Waals surface area (Å²) >= 11 is 0. The number of aliphatic hydroxyl groups is 1. The molecule has 0 bridgehead atoms. The van der Waals surface area contributed by atoms with Crippen LogP contribution in [-0.4, -0.2) is 46.7 Å². The Bertz CT molecular complexity index is 549. The van der Waals surface area contributed by atoms with Gasteiger partial charge in [-0.05, 0) is 6.92 Å². The number of carboxylic acids is 1. The number of nitrogens with one attached hydrogen (secondary N) is 2.